The number of likely N-dealkylation sites (tertiary alicyclic amines) is 2. The van der Waals surface area contributed by atoms with Gasteiger partial charge in [-0.05, 0) is 63.6 Å². The van der Waals surface area contributed by atoms with E-state index in [1.807, 2.05) is 75.4 Å². The predicted octanol–water partition coefficient (Wildman–Crippen LogP) is 5.07. The Hall–Kier alpha value is -4.25. The number of halogens is 1. The molecule has 4 aromatic rings. The van der Waals surface area contributed by atoms with E-state index in [9.17, 15) is 4.79 Å². The number of hydrogen-bond donors (Lipinski definition) is 1. The number of aromatic nitrogens is 4. The van der Waals surface area contributed by atoms with Crippen molar-refractivity contribution in [1.82, 2.24) is 29.5 Å². The molecule has 1 amide bonds. The Bertz CT molecular complexity index is 1530. The molecule has 11 heteroatoms. The number of ether oxygens (including phenoxy) is 2. The van der Waals surface area contributed by atoms with Crippen LogP contribution >= 0.6 is 0 Å². The second-order valence-electron chi connectivity index (χ2n) is 11.6. The van der Waals surface area contributed by atoms with Crippen LogP contribution < -0.4 is 10.5 Å². The van der Waals surface area contributed by atoms with Gasteiger partial charge in [0.25, 0.3) is 0 Å². The van der Waals surface area contributed by atoms with Crippen LogP contribution in [0.5, 0.6) is 11.5 Å². The third-order valence-corrected chi connectivity index (χ3v) is 7.51. The number of nitrogen functional groups attached to an aromatic ring is 1. The number of para-hydroxylation sites is 1. The number of fused-ring (bicyclic) bond motifs is 1. The molecular weight excluding hydrogens is 525 g/mol. The van der Waals surface area contributed by atoms with Crippen LogP contribution in [0.2, 0.25) is 0 Å². The van der Waals surface area contributed by atoms with Crippen molar-refractivity contribution >= 4 is 22.9 Å². The lowest BCUT2D eigenvalue weighted by molar-refractivity contribution is -0.0322. The first kappa shape index (κ1) is 26.9. The van der Waals surface area contributed by atoms with Gasteiger partial charge in [0.1, 0.15) is 41.1 Å². The third-order valence-electron chi connectivity index (χ3n) is 7.51. The van der Waals surface area contributed by atoms with Gasteiger partial charge >= 0.3 is 6.09 Å². The average Bonchev–Trinajstić information content (AvgIpc) is 3.29. The fraction of sp³-hybridized carbons (Fsp3) is 0.400. The van der Waals surface area contributed by atoms with Crippen LogP contribution in [0.4, 0.5) is 15.0 Å². The van der Waals surface area contributed by atoms with E-state index in [1.165, 1.54) is 6.33 Å². The minimum Gasteiger partial charge on any atom is -0.457 e. The summed E-state index contributed by atoms with van der Waals surface area (Å²) in [6.45, 7) is 7.54. The number of carbonyl (C=O) groups excluding carboxylic acids is 1. The van der Waals surface area contributed by atoms with Gasteiger partial charge in [-0.25, -0.2) is 23.8 Å². The second-order valence-corrected chi connectivity index (χ2v) is 11.6. The Kier molecular flexibility index (Phi) is 6.98. The summed E-state index contributed by atoms with van der Waals surface area (Å²) < 4.78 is 28.8. The predicted molar refractivity (Wildman–Crippen MR) is 153 cm³/mol. The summed E-state index contributed by atoms with van der Waals surface area (Å²) in [6.07, 6.45) is 0.438. The van der Waals surface area contributed by atoms with Crippen molar-refractivity contribution in [3.8, 4) is 22.8 Å². The van der Waals surface area contributed by atoms with Crippen LogP contribution in [0.1, 0.15) is 33.2 Å². The topological polar surface area (TPSA) is 112 Å². The van der Waals surface area contributed by atoms with Crippen LogP contribution in [-0.2, 0) is 4.74 Å². The summed E-state index contributed by atoms with van der Waals surface area (Å²) in [5.41, 5.74) is 7.67. The lowest BCUT2D eigenvalue weighted by atomic mass is 9.98. The maximum atomic E-state index is 15.8. The number of piperidine rings is 1. The summed E-state index contributed by atoms with van der Waals surface area (Å²) in [5, 5.41) is 5.45. The molecule has 2 N–H and O–H groups in total. The number of nitrogens with zero attached hydrogens (tertiary/aromatic N) is 6. The zero-order valence-corrected chi connectivity index (χ0v) is 23.4. The van der Waals surface area contributed by atoms with Crippen LogP contribution in [0.3, 0.4) is 0 Å². The molecule has 2 fully saturated rings. The zero-order valence-electron chi connectivity index (χ0n) is 23.4. The lowest BCUT2D eigenvalue weighted by Crippen LogP contribution is -2.64. The highest BCUT2D eigenvalue weighted by atomic mass is 19.1. The monoisotopic (exact) mass is 559 g/mol. The molecule has 2 aromatic heterocycles. The molecule has 10 nitrogen and oxygen atoms in total. The molecule has 2 aromatic carbocycles. The Balaban J connectivity index is 1.18. The van der Waals surface area contributed by atoms with Crippen LogP contribution in [0.25, 0.3) is 22.3 Å². The van der Waals surface area contributed by atoms with Gasteiger partial charge in [-0.1, -0.05) is 18.2 Å². The van der Waals surface area contributed by atoms with Crippen molar-refractivity contribution in [2.24, 2.45) is 0 Å². The smallest absolute Gasteiger partial charge is 0.410 e. The van der Waals surface area contributed by atoms with E-state index in [0.29, 0.717) is 54.3 Å². The van der Waals surface area contributed by atoms with E-state index in [4.69, 9.17) is 20.3 Å². The van der Waals surface area contributed by atoms with Gasteiger partial charge in [0.2, 0.25) is 0 Å². The molecule has 2 aliphatic rings. The van der Waals surface area contributed by atoms with E-state index >= 15 is 4.39 Å². The van der Waals surface area contributed by atoms with Crippen molar-refractivity contribution in [3.05, 3.63) is 60.9 Å². The van der Waals surface area contributed by atoms with Crippen molar-refractivity contribution in [3.63, 3.8) is 0 Å². The van der Waals surface area contributed by atoms with Crippen LogP contribution in [0, 0.1) is 0 Å². The summed E-state index contributed by atoms with van der Waals surface area (Å²) in [5.74, 6) is 1.73. The highest BCUT2D eigenvalue weighted by Gasteiger charge is 2.42. The molecule has 4 heterocycles. The largest absolute Gasteiger partial charge is 0.457 e. The summed E-state index contributed by atoms with van der Waals surface area (Å²) in [6, 6.07) is 16.7. The van der Waals surface area contributed by atoms with Gasteiger partial charge in [0.05, 0.1) is 11.4 Å². The lowest BCUT2D eigenvalue weighted by Gasteiger charge is -2.48. The molecule has 0 aliphatic carbocycles. The van der Waals surface area contributed by atoms with E-state index in [0.717, 1.165) is 11.3 Å². The maximum absolute atomic E-state index is 15.8. The van der Waals surface area contributed by atoms with Crippen molar-refractivity contribution in [1.29, 1.82) is 0 Å². The molecule has 0 radical (unpaired) electrons. The maximum Gasteiger partial charge on any atom is 0.410 e. The minimum absolute atomic E-state index is 0.112. The van der Waals surface area contributed by atoms with Gasteiger partial charge in [0, 0.05) is 37.8 Å². The molecule has 0 saturated carbocycles. The highest BCUT2D eigenvalue weighted by molar-refractivity contribution is 5.98. The number of hydrogen-bond acceptors (Lipinski definition) is 8. The fourth-order valence-corrected chi connectivity index (χ4v) is 5.42. The van der Waals surface area contributed by atoms with E-state index in [1.54, 1.807) is 9.58 Å². The number of alkyl halides is 1. The second kappa shape index (κ2) is 10.6. The van der Waals surface area contributed by atoms with Crippen LogP contribution in [-0.4, -0.2) is 79.6 Å². The molecule has 2 atom stereocenters. The fourth-order valence-electron chi connectivity index (χ4n) is 5.42. The van der Waals surface area contributed by atoms with E-state index in [2.05, 4.69) is 14.9 Å². The van der Waals surface area contributed by atoms with E-state index < -0.39 is 17.8 Å². The first-order valence-electron chi connectivity index (χ1n) is 13.8. The van der Waals surface area contributed by atoms with Gasteiger partial charge in [-0.3, -0.25) is 4.90 Å². The van der Waals surface area contributed by atoms with Gasteiger partial charge in [-0.2, -0.15) is 5.10 Å². The number of carbonyl (C=O) groups is 1. The molecule has 2 aliphatic heterocycles. The minimum atomic E-state index is -1.17. The van der Waals surface area contributed by atoms with Gasteiger partial charge < -0.3 is 20.1 Å². The molecule has 1 unspecified atom stereocenters. The molecule has 214 valence electrons. The first-order valence-corrected chi connectivity index (χ1v) is 13.8. The number of anilines is 1. The van der Waals surface area contributed by atoms with Gasteiger partial charge in [0.15, 0.2) is 5.65 Å². The number of benzene rings is 2. The number of rotatable bonds is 5. The molecule has 0 spiro atoms. The SMILES string of the molecule is CC(C)(C)OC(=O)N1CC(N2CCC(n3nc(-c4ccc(Oc5ccccc5)cc4)c4c(N)ncnc43)[C@@H](F)C2)C1. The van der Waals surface area contributed by atoms with Crippen molar-refractivity contribution < 1.29 is 18.7 Å². The third kappa shape index (κ3) is 5.54. The molecule has 41 heavy (non-hydrogen) atoms. The molecule has 0 bridgehead atoms. The Labute approximate surface area is 237 Å². The highest BCUT2D eigenvalue weighted by Crippen LogP contribution is 2.36. The number of nitrogens with two attached hydrogens (primary N) is 1. The molecule has 2 saturated heterocycles. The normalized spacial score (nSPS) is 20.1. The van der Waals surface area contributed by atoms with Crippen molar-refractivity contribution in [2.75, 3.05) is 31.9 Å². The molecular formula is C30H34FN7O3. The summed E-state index contributed by atoms with van der Waals surface area (Å²) in [7, 11) is 0. The van der Waals surface area contributed by atoms with Crippen molar-refractivity contribution in [2.45, 2.75) is 51.0 Å². The zero-order chi connectivity index (χ0) is 28.7. The summed E-state index contributed by atoms with van der Waals surface area (Å²) >= 11 is 0. The van der Waals surface area contributed by atoms with E-state index in [-0.39, 0.29) is 18.7 Å². The van der Waals surface area contributed by atoms with Gasteiger partial charge in [-0.15, -0.1) is 0 Å². The Morgan fingerprint density at radius 1 is 1.00 bits per heavy atom. The average molecular weight is 560 g/mol. The Morgan fingerprint density at radius 2 is 1.71 bits per heavy atom. The first-order chi connectivity index (χ1) is 19.7. The Morgan fingerprint density at radius 3 is 2.39 bits per heavy atom. The standard InChI is InChI=1S/C30H34FN7O3/c1-30(2,3)41-29(39)37-15-20(16-37)36-14-13-24(23(31)17-36)38-28-25(27(32)33-18-34-28)26(35-38)19-9-11-22(12-10-19)40-21-7-5-4-6-8-21/h4-12,18,20,23-24H,13-17H2,1-3H3,(H2,32,33,34)/t23-,24?/m0/s1. The van der Waals surface area contributed by atoms with Crippen LogP contribution in [0.15, 0.2) is 60.9 Å². The summed E-state index contributed by atoms with van der Waals surface area (Å²) in [4.78, 5) is 24.7. The quantitative estimate of drug-likeness (QED) is 0.361. The molecule has 6 rings (SSSR count). The number of amides is 1.